The molecule has 1 aliphatic heterocycles. The second kappa shape index (κ2) is 9.05. The maximum atomic E-state index is 12.7. The molecule has 1 aliphatic rings. The fraction of sp³-hybridized carbons (Fsp3) is 0.423. The number of benzene rings is 2. The molecule has 1 aromatic heterocycles. The summed E-state index contributed by atoms with van der Waals surface area (Å²) < 4.78 is 52.6. The number of carbonyl (C=O) groups is 1. The smallest absolute Gasteiger partial charge is 0.444 e. The molecule has 0 spiro atoms. The molecule has 1 atom stereocenters. The average Bonchev–Trinajstić information content (AvgIpc) is 3.21. The first-order chi connectivity index (χ1) is 17.1. The van der Waals surface area contributed by atoms with Crippen molar-refractivity contribution in [1.29, 1.82) is 0 Å². The Kier molecular flexibility index (Phi) is 6.48. The number of likely N-dealkylation sites (tertiary alicyclic amines) is 1. The van der Waals surface area contributed by atoms with Crippen molar-refractivity contribution in [3.8, 4) is 17.1 Å². The third-order valence-corrected chi connectivity index (χ3v) is 6.18. The van der Waals surface area contributed by atoms with Crippen LogP contribution in [0.1, 0.15) is 44.7 Å². The zero-order valence-corrected chi connectivity index (χ0v) is 21.1. The predicted molar refractivity (Wildman–Crippen MR) is 127 cm³/mol. The molecule has 1 N–H and O–H groups in total. The Morgan fingerprint density at radius 1 is 1.08 bits per heavy atom. The molecule has 0 saturated carbocycles. The van der Waals surface area contributed by atoms with Crippen molar-refractivity contribution in [2.45, 2.75) is 52.2 Å². The summed E-state index contributed by atoms with van der Waals surface area (Å²) in [6, 6.07) is 11.9. The van der Waals surface area contributed by atoms with E-state index in [1.165, 1.54) is 17.0 Å². The molecule has 0 aliphatic carbocycles. The minimum Gasteiger partial charge on any atom is -0.444 e. The maximum Gasteiger partial charge on any atom is 0.573 e. The van der Waals surface area contributed by atoms with E-state index in [4.69, 9.17) is 9.26 Å². The summed E-state index contributed by atoms with van der Waals surface area (Å²) in [4.78, 5) is 18.3. The Morgan fingerprint density at radius 2 is 1.73 bits per heavy atom. The van der Waals surface area contributed by atoms with Gasteiger partial charge in [0.15, 0.2) is 0 Å². The molecule has 1 amide bonds. The number of nitrogens with zero attached hydrogens (tertiary/aromatic N) is 3. The highest BCUT2D eigenvalue weighted by Gasteiger charge is 2.58. The van der Waals surface area contributed by atoms with Crippen molar-refractivity contribution in [2.24, 2.45) is 5.41 Å². The van der Waals surface area contributed by atoms with Crippen LogP contribution in [0.5, 0.6) is 5.75 Å². The third-order valence-electron chi connectivity index (χ3n) is 6.18. The quantitative estimate of drug-likeness (QED) is 0.480. The number of aryl methyl sites for hydroxylation is 1. The Morgan fingerprint density at radius 3 is 2.27 bits per heavy atom. The van der Waals surface area contributed by atoms with Gasteiger partial charge in [-0.25, -0.2) is 4.79 Å². The lowest BCUT2D eigenvalue weighted by molar-refractivity contribution is -0.274. The molecule has 37 heavy (non-hydrogen) atoms. The molecule has 0 radical (unpaired) electrons. The Bertz CT molecular complexity index is 1280. The maximum absolute atomic E-state index is 12.7. The fourth-order valence-corrected chi connectivity index (χ4v) is 4.54. The van der Waals surface area contributed by atoms with Crippen LogP contribution in [-0.4, -0.2) is 51.3 Å². The van der Waals surface area contributed by atoms with Crippen LogP contribution < -0.4 is 4.74 Å². The van der Waals surface area contributed by atoms with E-state index in [2.05, 4.69) is 14.9 Å². The first-order valence-corrected chi connectivity index (χ1v) is 11.6. The number of rotatable bonds is 5. The van der Waals surface area contributed by atoms with Gasteiger partial charge in [-0.2, -0.15) is 4.98 Å². The number of alkyl halides is 3. The molecule has 2 heterocycles. The van der Waals surface area contributed by atoms with E-state index >= 15 is 0 Å². The number of hydrogen-bond acceptors (Lipinski definition) is 7. The number of halogens is 3. The highest BCUT2D eigenvalue weighted by Crippen LogP contribution is 2.51. The van der Waals surface area contributed by atoms with E-state index in [1.807, 2.05) is 0 Å². The van der Waals surface area contributed by atoms with Gasteiger partial charge in [0.2, 0.25) is 11.7 Å². The van der Waals surface area contributed by atoms with Crippen LogP contribution in [0.4, 0.5) is 18.0 Å². The van der Waals surface area contributed by atoms with Gasteiger partial charge in [-0.1, -0.05) is 42.4 Å². The molecule has 4 rings (SSSR count). The van der Waals surface area contributed by atoms with Crippen LogP contribution in [0, 0.1) is 12.3 Å². The van der Waals surface area contributed by atoms with Crippen molar-refractivity contribution in [3.05, 3.63) is 65.5 Å². The van der Waals surface area contributed by atoms with Gasteiger partial charge in [0, 0.05) is 31.0 Å². The van der Waals surface area contributed by atoms with E-state index < -0.39 is 34.8 Å². The molecule has 198 valence electrons. The first kappa shape index (κ1) is 26.5. The van der Waals surface area contributed by atoms with Crippen molar-refractivity contribution >= 4 is 6.09 Å². The summed E-state index contributed by atoms with van der Waals surface area (Å²) in [7, 11) is 0. The van der Waals surface area contributed by atoms with Crippen LogP contribution in [0.2, 0.25) is 0 Å². The molecule has 1 unspecified atom stereocenters. The Labute approximate surface area is 212 Å². The largest absolute Gasteiger partial charge is 0.573 e. The molecule has 1 saturated heterocycles. The van der Waals surface area contributed by atoms with Gasteiger partial charge in [0.05, 0.1) is 0 Å². The van der Waals surface area contributed by atoms with E-state index in [0.29, 0.717) is 28.4 Å². The summed E-state index contributed by atoms with van der Waals surface area (Å²) >= 11 is 0. The van der Waals surface area contributed by atoms with Gasteiger partial charge < -0.3 is 24.0 Å². The molecule has 8 nitrogen and oxygen atoms in total. The van der Waals surface area contributed by atoms with E-state index in [-0.39, 0.29) is 13.1 Å². The van der Waals surface area contributed by atoms with Crippen LogP contribution >= 0.6 is 0 Å². The minimum absolute atomic E-state index is 0.144. The molecular formula is C26H28F3N3O5. The van der Waals surface area contributed by atoms with Crippen LogP contribution in [-0.2, 0) is 10.3 Å². The normalized spacial score (nSPS) is 17.1. The van der Waals surface area contributed by atoms with Gasteiger partial charge in [0.1, 0.15) is 17.0 Å². The second-order valence-electron chi connectivity index (χ2n) is 10.4. The van der Waals surface area contributed by atoms with Crippen molar-refractivity contribution in [2.75, 3.05) is 13.1 Å². The molecule has 2 aromatic carbocycles. The van der Waals surface area contributed by atoms with Crippen LogP contribution in [0.25, 0.3) is 11.4 Å². The summed E-state index contributed by atoms with van der Waals surface area (Å²) in [5.41, 5.74) is -1.96. The number of aliphatic hydroxyl groups is 1. The molecule has 11 heteroatoms. The Balaban J connectivity index is 1.74. The highest BCUT2D eigenvalue weighted by atomic mass is 19.4. The molecular weight excluding hydrogens is 491 g/mol. The van der Waals surface area contributed by atoms with Gasteiger partial charge in [-0.05, 0) is 50.1 Å². The molecule has 1 fully saturated rings. The summed E-state index contributed by atoms with van der Waals surface area (Å²) in [5, 5.41) is 16.3. The summed E-state index contributed by atoms with van der Waals surface area (Å²) in [5.74, 6) is 0.281. The zero-order valence-electron chi connectivity index (χ0n) is 21.1. The number of amides is 1. The van der Waals surface area contributed by atoms with E-state index in [9.17, 15) is 23.1 Å². The summed E-state index contributed by atoms with van der Waals surface area (Å²) in [6.07, 6.45) is -5.36. The van der Waals surface area contributed by atoms with E-state index in [1.54, 1.807) is 58.9 Å². The lowest BCUT2D eigenvalue weighted by Crippen LogP contribution is -2.66. The summed E-state index contributed by atoms with van der Waals surface area (Å²) in [6.45, 7) is 9.03. The van der Waals surface area contributed by atoms with Crippen molar-refractivity contribution in [3.63, 3.8) is 0 Å². The van der Waals surface area contributed by atoms with Gasteiger partial charge in [-0.15, -0.1) is 13.2 Å². The van der Waals surface area contributed by atoms with Crippen LogP contribution in [0.15, 0.2) is 53.1 Å². The number of ether oxygens (including phenoxy) is 2. The van der Waals surface area contributed by atoms with Gasteiger partial charge >= 0.3 is 12.5 Å². The topological polar surface area (TPSA) is 97.9 Å². The minimum atomic E-state index is -4.84. The van der Waals surface area contributed by atoms with Gasteiger partial charge in [0.25, 0.3) is 0 Å². The second-order valence-corrected chi connectivity index (χ2v) is 10.4. The molecule has 3 aromatic rings. The monoisotopic (exact) mass is 519 g/mol. The lowest BCUT2D eigenvalue weighted by atomic mass is 9.62. The van der Waals surface area contributed by atoms with Crippen molar-refractivity contribution in [1.82, 2.24) is 15.0 Å². The first-order valence-electron chi connectivity index (χ1n) is 11.6. The molecule has 0 bridgehead atoms. The zero-order chi connectivity index (χ0) is 27.2. The van der Waals surface area contributed by atoms with Gasteiger partial charge in [-0.3, -0.25) is 0 Å². The number of hydrogen-bond donors (Lipinski definition) is 1. The predicted octanol–water partition coefficient (Wildman–Crippen LogP) is 5.44. The van der Waals surface area contributed by atoms with Crippen LogP contribution in [0.3, 0.4) is 0 Å². The SMILES string of the molecule is Cc1nc(-c2cccc(C(O)(c3ccc(OC(F)(F)F)cc3)C3(C)CN(C(=O)OC(C)(C)C)C3)c2)no1. The standard InChI is InChI=1S/C26H28F3N3O5/c1-16-30-21(31-37-16)17-7-6-8-19(13-17)25(34,18-9-11-20(12-10-18)35-26(27,28)29)24(5)14-32(15-24)22(33)36-23(2,3)4/h6-13,34H,14-15H2,1-5H3. The third kappa shape index (κ3) is 5.41. The fourth-order valence-electron chi connectivity index (χ4n) is 4.54. The number of carbonyl (C=O) groups excluding carboxylic acids is 1. The number of aromatic nitrogens is 2. The highest BCUT2D eigenvalue weighted by molar-refractivity contribution is 5.70. The average molecular weight is 520 g/mol. The Hall–Kier alpha value is -3.60. The van der Waals surface area contributed by atoms with Crippen molar-refractivity contribution < 1.29 is 37.1 Å². The van der Waals surface area contributed by atoms with E-state index in [0.717, 1.165) is 12.1 Å². The lowest BCUT2D eigenvalue weighted by Gasteiger charge is -2.56.